The van der Waals surface area contributed by atoms with Crippen LogP contribution in [0.25, 0.3) is 0 Å². The molecule has 0 unspecified atom stereocenters. The van der Waals surface area contributed by atoms with Crippen LogP contribution in [0.1, 0.15) is 49.7 Å². The molecule has 0 aromatic heterocycles. The van der Waals surface area contributed by atoms with Crippen molar-refractivity contribution in [1.82, 2.24) is 4.90 Å². The molecule has 8 heteroatoms. The molecule has 1 saturated carbocycles. The summed E-state index contributed by atoms with van der Waals surface area (Å²) in [4.78, 5) is 49.2. The Morgan fingerprint density at radius 3 is 2.44 bits per heavy atom. The summed E-state index contributed by atoms with van der Waals surface area (Å²) in [6.07, 6.45) is 4.39. The Hall–Kier alpha value is -2.77. The smallest absolute Gasteiger partial charge is 0.293 e. The van der Waals surface area contributed by atoms with E-state index in [1.54, 1.807) is 13.8 Å². The topological polar surface area (TPSA) is 110 Å². The summed E-state index contributed by atoms with van der Waals surface area (Å²) in [5.74, 6) is -1.24. The maximum atomic E-state index is 12.8. The zero-order chi connectivity index (χ0) is 19.8. The van der Waals surface area contributed by atoms with E-state index in [1.165, 1.54) is 12.1 Å². The molecule has 8 nitrogen and oxygen atoms in total. The maximum Gasteiger partial charge on any atom is 0.293 e. The van der Waals surface area contributed by atoms with E-state index in [4.69, 9.17) is 0 Å². The number of nitrogens with zero attached hydrogens (tertiary/aromatic N) is 2. The van der Waals surface area contributed by atoms with Crippen molar-refractivity contribution in [3.8, 4) is 0 Å². The Bertz CT molecular complexity index is 827. The van der Waals surface area contributed by atoms with Crippen molar-refractivity contribution in [2.75, 3.05) is 11.9 Å². The van der Waals surface area contributed by atoms with Gasteiger partial charge in [0.15, 0.2) is 0 Å². The number of hydrogen-bond acceptors (Lipinski definition) is 5. The molecule has 2 aliphatic rings. The van der Waals surface area contributed by atoms with E-state index < -0.39 is 22.8 Å². The van der Waals surface area contributed by atoms with Gasteiger partial charge in [-0.1, -0.05) is 19.3 Å². The molecule has 3 amide bonds. The fraction of sp³-hybridized carbons (Fsp3) is 0.526. The molecular weight excluding hydrogens is 350 g/mol. The largest absolute Gasteiger partial charge is 0.319 e. The lowest BCUT2D eigenvalue weighted by Crippen LogP contribution is -2.41. The number of benzene rings is 1. The molecule has 1 aromatic rings. The van der Waals surface area contributed by atoms with Crippen LogP contribution in [0.15, 0.2) is 12.1 Å². The number of likely N-dealkylation sites (tertiary alicyclic amines) is 1. The summed E-state index contributed by atoms with van der Waals surface area (Å²) in [5.41, 5.74) is 0.741. The zero-order valence-electron chi connectivity index (χ0n) is 15.5. The molecule has 3 rings (SSSR count). The number of rotatable bonds is 4. The highest BCUT2D eigenvalue weighted by molar-refractivity contribution is 6.09. The normalized spacial score (nSPS) is 18.8. The van der Waals surface area contributed by atoms with Crippen molar-refractivity contribution >= 4 is 29.1 Å². The first-order chi connectivity index (χ1) is 12.7. The average Bonchev–Trinajstić information content (AvgIpc) is 2.82. The van der Waals surface area contributed by atoms with E-state index >= 15 is 0 Å². The van der Waals surface area contributed by atoms with Crippen molar-refractivity contribution in [1.29, 1.82) is 0 Å². The molecule has 144 valence electrons. The van der Waals surface area contributed by atoms with Crippen LogP contribution in [-0.4, -0.2) is 34.1 Å². The number of anilines is 1. The third-order valence-electron chi connectivity index (χ3n) is 5.68. The molecule has 1 N–H and O–H groups in total. The molecule has 0 atom stereocenters. The summed E-state index contributed by atoms with van der Waals surface area (Å²) in [5, 5.41) is 13.7. The first-order valence-corrected chi connectivity index (χ1v) is 9.14. The quantitative estimate of drug-likeness (QED) is 0.496. The van der Waals surface area contributed by atoms with Crippen LogP contribution in [0.5, 0.6) is 0 Å². The van der Waals surface area contributed by atoms with Crippen LogP contribution < -0.4 is 5.32 Å². The molecule has 27 heavy (non-hydrogen) atoms. The van der Waals surface area contributed by atoms with Gasteiger partial charge in [-0.05, 0) is 43.9 Å². The molecule has 0 radical (unpaired) electrons. The zero-order valence-corrected chi connectivity index (χ0v) is 15.5. The summed E-state index contributed by atoms with van der Waals surface area (Å²) in [6, 6.07) is 2.93. The minimum Gasteiger partial charge on any atom is -0.319 e. The van der Waals surface area contributed by atoms with E-state index in [-0.39, 0.29) is 29.6 Å². The highest BCUT2D eigenvalue weighted by Gasteiger charge is 2.51. The molecular formula is C19H23N3O5. The Balaban J connectivity index is 1.75. The van der Waals surface area contributed by atoms with E-state index in [2.05, 4.69) is 5.32 Å². The number of aryl methyl sites for hydroxylation is 2. The van der Waals surface area contributed by atoms with Crippen LogP contribution in [0.4, 0.5) is 11.4 Å². The average molecular weight is 373 g/mol. The molecule has 1 spiro atoms. The molecule has 1 aliphatic carbocycles. The number of nitrogens with one attached hydrogen (secondary N) is 1. The number of imide groups is 1. The minimum atomic E-state index is -0.651. The molecule has 1 heterocycles. The number of nitro groups is 1. The Morgan fingerprint density at radius 1 is 1.19 bits per heavy atom. The highest BCUT2D eigenvalue weighted by Crippen LogP contribution is 2.45. The van der Waals surface area contributed by atoms with Gasteiger partial charge in [-0.15, -0.1) is 0 Å². The van der Waals surface area contributed by atoms with Crippen LogP contribution in [0, 0.1) is 29.4 Å². The Labute approximate surface area is 157 Å². The summed E-state index contributed by atoms with van der Waals surface area (Å²) in [6.45, 7) is 3.12. The first kappa shape index (κ1) is 19.0. The van der Waals surface area contributed by atoms with Crippen LogP contribution in [-0.2, 0) is 14.4 Å². The predicted octanol–water partition coefficient (Wildman–Crippen LogP) is 2.86. The predicted molar refractivity (Wildman–Crippen MR) is 98.1 cm³/mol. The van der Waals surface area contributed by atoms with Crippen molar-refractivity contribution < 1.29 is 19.3 Å². The van der Waals surface area contributed by atoms with E-state index in [1.807, 2.05) is 0 Å². The second-order valence-electron chi connectivity index (χ2n) is 7.56. The summed E-state index contributed by atoms with van der Waals surface area (Å²) >= 11 is 0. The lowest BCUT2D eigenvalue weighted by Gasteiger charge is -2.30. The minimum absolute atomic E-state index is 0.0691. The van der Waals surface area contributed by atoms with Crippen molar-refractivity contribution in [2.45, 2.75) is 52.4 Å². The SMILES string of the molecule is Cc1cc(NC(=O)CN2C(=O)CC3(CCCCC3)C2=O)c([N+](=O)[O-])cc1C. The second-order valence-corrected chi connectivity index (χ2v) is 7.56. The van der Waals surface area contributed by atoms with E-state index in [0.29, 0.717) is 12.8 Å². The van der Waals surface area contributed by atoms with Crippen LogP contribution in [0.2, 0.25) is 0 Å². The van der Waals surface area contributed by atoms with Crippen LogP contribution >= 0.6 is 0 Å². The highest BCUT2D eigenvalue weighted by atomic mass is 16.6. The summed E-state index contributed by atoms with van der Waals surface area (Å²) < 4.78 is 0. The van der Waals surface area contributed by atoms with Crippen LogP contribution in [0.3, 0.4) is 0 Å². The number of carbonyl (C=O) groups excluding carboxylic acids is 3. The summed E-state index contributed by atoms with van der Waals surface area (Å²) in [7, 11) is 0. The Kier molecular flexibility index (Phi) is 4.99. The molecule has 1 saturated heterocycles. The fourth-order valence-electron chi connectivity index (χ4n) is 4.02. The third kappa shape index (κ3) is 3.56. The van der Waals surface area contributed by atoms with Gasteiger partial charge in [0.25, 0.3) is 5.69 Å². The number of hydrogen-bond donors (Lipinski definition) is 1. The molecule has 1 aliphatic heterocycles. The lowest BCUT2D eigenvalue weighted by molar-refractivity contribution is -0.384. The van der Waals surface area contributed by atoms with Crippen molar-refractivity contribution in [2.24, 2.45) is 5.41 Å². The maximum absolute atomic E-state index is 12.8. The van der Waals surface area contributed by atoms with Crippen molar-refractivity contribution in [3.63, 3.8) is 0 Å². The lowest BCUT2D eigenvalue weighted by atomic mass is 9.73. The van der Waals surface area contributed by atoms with Gasteiger partial charge in [-0.25, -0.2) is 0 Å². The fourth-order valence-corrected chi connectivity index (χ4v) is 4.02. The van der Waals surface area contributed by atoms with Gasteiger partial charge >= 0.3 is 0 Å². The van der Waals surface area contributed by atoms with Gasteiger partial charge < -0.3 is 5.32 Å². The van der Waals surface area contributed by atoms with Crippen molar-refractivity contribution in [3.05, 3.63) is 33.4 Å². The standard InChI is InChI=1S/C19H23N3O5/c1-12-8-14(15(22(26)27)9-13(12)2)20-16(23)11-21-17(24)10-19(18(21)25)6-4-3-5-7-19/h8-9H,3-7,10-11H2,1-2H3,(H,20,23). The number of carbonyl (C=O) groups is 3. The van der Waals surface area contributed by atoms with Gasteiger partial charge in [-0.3, -0.25) is 29.4 Å². The van der Waals surface area contributed by atoms with Gasteiger partial charge in [0.05, 0.1) is 10.3 Å². The second kappa shape index (κ2) is 7.09. The van der Waals surface area contributed by atoms with E-state index in [9.17, 15) is 24.5 Å². The molecule has 0 bridgehead atoms. The Morgan fingerprint density at radius 2 is 1.81 bits per heavy atom. The van der Waals surface area contributed by atoms with Gasteiger partial charge in [-0.2, -0.15) is 0 Å². The molecule has 2 fully saturated rings. The molecule has 1 aromatic carbocycles. The third-order valence-corrected chi connectivity index (χ3v) is 5.68. The monoisotopic (exact) mass is 373 g/mol. The number of nitro benzene ring substituents is 1. The number of amides is 3. The first-order valence-electron chi connectivity index (χ1n) is 9.14. The van der Waals surface area contributed by atoms with Gasteiger partial charge in [0, 0.05) is 12.5 Å². The van der Waals surface area contributed by atoms with Gasteiger partial charge in [0.2, 0.25) is 17.7 Å². The van der Waals surface area contributed by atoms with Gasteiger partial charge in [0.1, 0.15) is 12.2 Å². The van der Waals surface area contributed by atoms with E-state index in [0.717, 1.165) is 35.3 Å².